The second kappa shape index (κ2) is 16.1. The van der Waals surface area contributed by atoms with Gasteiger partial charge in [0.1, 0.15) is 0 Å². The quantitative estimate of drug-likeness (QED) is 0.147. The molecule has 0 fully saturated rings. The van der Waals surface area contributed by atoms with Crippen molar-refractivity contribution in [3.05, 3.63) is 198 Å². The molecule has 7 rings (SSSR count). The van der Waals surface area contributed by atoms with E-state index in [0.717, 1.165) is 39.4 Å². The number of hydrogen-bond acceptors (Lipinski definition) is 2. The van der Waals surface area contributed by atoms with E-state index in [1.807, 2.05) is 24.3 Å². The fourth-order valence-electron chi connectivity index (χ4n) is 7.82. The normalized spacial score (nSPS) is 13.9. The van der Waals surface area contributed by atoms with E-state index in [1.54, 1.807) is 0 Å². The molecule has 0 aliphatic heterocycles. The zero-order valence-electron chi connectivity index (χ0n) is 30.8. The van der Waals surface area contributed by atoms with Gasteiger partial charge in [0.2, 0.25) is 0 Å². The molecule has 4 atom stereocenters. The van der Waals surface area contributed by atoms with Gasteiger partial charge in [0.25, 0.3) is 0 Å². The number of nitrogens with two attached hydrogens (primary N) is 1. The highest BCUT2D eigenvalue weighted by Crippen LogP contribution is 2.40. The van der Waals surface area contributed by atoms with Crippen LogP contribution in [0.1, 0.15) is 61.4 Å². The summed E-state index contributed by atoms with van der Waals surface area (Å²) in [6.45, 7) is 6.91. The van der Waals surface area contributed by atoms with Gasteiger partial charge in [-0.15, -0.1) is 0 Å². The summed E-state index contributed by atoms with van der Waals surface area (Å²) >= 11 is 0. The molecule has 2 heteroatoms. The van der Waals surface area contributed by atoms with E-state index in [0.29, 0.717) is 23.3 Å². The summed E-state index contributed by atoms with van der Waals surface area (Å²) in [5.41, 5.74) is 19.5. The van der Waals surface area contributed by atoms with E-state index in [9.17, 15) is 5.26 Å². The molecule has 0 bridgehead atoms. The van der Waals surface area contributed by atoms with E-state index >= 15 is 0 Å². The van der Waals surface area contributed by atoms with Crippen LogP contribution in [-0.4, -0.2) is 0 Å². The van der Waals surface area contributed by atoms with Gasteiger partial charge in [0, 0.05) is 6.04 Å². The van der Waals surface area contributed by atoms with Crippen molar-refractivity contribution in [1.82, 2.24) is 0 Å². The maximum atomic E-state index is 9.82. The highest BCUT2D eigenvalue weighted by Gasteiger charge is 2.29. The molecule has 0 heterocycles. The fourth-order valence-corrected chi connectivity index (χ4v) is 7.82. The molecule has 7 aromatic rings. The Bertz CT molecular complexity index is 2350. The molecule has 2 N–H and O–H groups in total. The molecule has 260 valence electrons. The molecule has 0 aliphatic rings. The molecule has 0 aliphatic carbocycles. The van der Waals surface area contributed by atoms with E-state index in [-0.39, 0.29) is 6.04 Å². The minimum Gasteiger partial charge on any atom is -0.324 e. The van der Waals surface area contributed by atoms with Crippen LogP contribution in [0.15, 0.2) is 175 Å². The summed E-state index contributed by atoms with van der Waals surface area (Å²) in [6.07, 6.45) is 3.27. The van der Waals surface area contributed by atoms with Crippen molar-refractivity contribution < 1.29 is 0 Å². The van der Waals surface area contributed by atoms with Crippen LogP contribution in [-0.2, 0) is 0 Å². The van der Waals surface area contributed by atoms with Gasteiger partial charge >= 0.3 is 0 Å². The van der Waals surface area contributed by atoms with Crippen LogP contribution in [0.5, 0.6) is 0 Å². The third kappa shape index (κ3) is 7.92. The lowest BCUT2D eigenvalue weighted by molar-refractivity contribution is 0.280. The SMILES string of the molecule is C/C(=C/c1ccc(-c2ccc(-c3ccc(-c4ccccc4)cc3)c3ccc(C#N)cc23)cc1)CC(c1ccccc1)[C@H](C)C(C)C(N)c1ccccc1. The maximum absolute atomic E-state index is 9.82. The van der Waals surface area contributed by atoms with Gasteiger partial charge in [-0.2, -0.15) is 5.26 Å². The second-order valence-electron chi connectivity index (χ2n) is 14.5. The minimum atomic E-state index is -0.0242. The van der Waals surface area contributed by atoms with E-state index < -0.39 is 0 Å². The van der Waals surface area contributed by atoms with Crippen LogP contribution in [0.3, 0.4) is 0 Å². The molecule has 0 radical (unpaired) electrons. The van der Waals surface area contributed by atoms with Gasteiger partial charge in [-0.3, -0.25) is 0 Å². The maximum Gasteiger partial charge on any atom is 0.0991 e. The van der Waals surface area contributed by atoms with Gasteiger partial charge in [-0.25, -0.2) is 0 Å². The van der Waals surface area contributed by atoms with Gasteiger partial charge in [-0.1, -0.05) is 183 Å². The first-order chi connectivity index (χ1) is 25.9. The standard InChI is InChI=1S/C51H46N2/c1-35(32-49(42-15-9-5-10-16-42)36(2)37(3)51(53)45-17-11-6-12-18-45)31-38-19-22-43(23-20-38)47-30-29-46(48-28-21-39(34-52)33-50(47)48)44-26-24-41(25-27-44)40-13-7-4-8-14-40/h4-31,33,36-37,49,51H,32,53H2,1-3H3/b35-31-/t36-,37?,49?,51?/m1/s1. The molecule has 7 aromatic carbocycles. The first-order valence-electron chi connectivity index (χ1n) is 18.7. The Morgan fingerprint density at radius 2 is 1.08 bits per heavy atom. The highest BCUT2D eigenvalue weighted by atomic mass is 14.7. The first kappa shape index (κ1) is 35.4. The molecule has 0 saturated carbocycles. The summed E-state index contributed by atoms with van der Waals surface area (Å²) < 4.78 is 0. The molecular weight excluding hydrogens is 641 g/mol. The topological polar surface area (TPSA) is 49.8 Å². The smallest absolute Gasteiger partial charge is 0.0991 e. The monoisotopic (exact) mass is 686 g/mol. The average molecular weight is 687 g/mol. The summed E-state index contributed by atoms with van der Waals surface area (Å²) in [5.74, 6) is 1.01. The molecule has 0 aromatic heterocycles. The Morgan fingerprint density at radius 1 is 0.566 bits per heavy atom. The third-order valence-electron chi connectivity index (χ3n) is 11.1. The average Bonchev–Trinajstić information content (AvgIpc) is 3.22. The van der Waals surface area contributed by atoms with Crippen LogP contribution >= 0.6 is 0 Å². The predicted octanol–water partition coefficient (Wildman–Crippen LogP) is 13.3. The Morgan fingerprint density at radius 3 is 1.68 bits per heavy atom. The first-order valence-corrected chi connectivity index (χ1v) is 18.7. The van der Waals surface area contributed by atoms with E-state index in [2.05, 4.69) is 179 Å². The summed E-state index contributed by atoms with van der Waals surface area (Å²) in [6, 6.07) is 62.2. The lowest BCUT2D eigenvalue weighted by atomic mass is 9.73. The Balaban J connectivity index is 1.15. The van der Waals surface area contributed by atoms with Crippen molar-refractivity contribution >= 4 is 16.8 Å². The molecule has 2 nitrogen and oxygen atoms in total. The summed E-state index contributed by atoms with van der Waals surface area (Å²) in [7, 11) is 0. The van der Waals surface area contributed by atoms with Crippen LogP contribution in [0, 0.1) is 23.2 Å². The van der Waals surface area contributed by atoms with E-state index in [1.165, 1.54) is 33.4 Å². The fraction of sp³-hybridized carbons (Fsp3) is 0.157. The van der Waals surface area contributed by atoms with Crippen molar-refractivity contribution in [2.45, 2.75) is 39.2 Å². The number of benzene rings is 7. The zero-order valence-corrected chi connectivity index (χ0v) is 30.8. The van der Waals surface area contributed by atoms with Crippen LogP contribution in [0.4, 0.5) is 0 Å². The summed E-state index contributed by atoms with van der Waals surface area (Å²) in [4.78, 5) is 0. The van der Waals surface area contributed by atoms with Crippen molar-refractivity contribution in [2.24, 2.45) is 17.6 Å². The van der Waals surface area contributed by atoms with Gasteiger partial charge < -0.3 is 5.73 Å². The van der Waals surface area contributed by atoms with Crippen molar-refractivity contribution in [3.63, 3.8) is 0 Å². The number of rotatable bonds is 11. The Labute approximate surface area is 314 Å². The number of hydrogen-bond donors (Lipinski definition) is 1. The number of allylic oxidation sites excluding steroid dienone is 1. The number of fused-ring (bicyclic) bond motifs is 1. The van der Waals surface area contributed by atoms with Gasteiger partial charge in [0.05, 0.1) is 11.6 Å². The molecular formula is C51H46N2. The Hall–Kier alpha value is -6.01. The van der Waals surface area contributed by atoms with Crippen LogP contribution < -0.4 is 5.73 Å². The molecule has 0 amide bonds. The lowest BCUT2D eigenvalue weighted by Crippen LogP contribution is -2.28. The molecule has 0 saturated heterocycles. The predicted molar refractivity (Wildman–Crippen MR) is 224 cm³/mol. The van der Waals surface area contributed by atoms with Crippen molar-refractivity contribution in [1.29, 1.82) is 5.26 Å². The van der Waals surface area contributed by atoms with Crippen molar-refractivity contribution in [2.75, 3.05) is 0 Å². The zero-order chi connectivity index (χ0) is 36.7. The summed E-state index contributed by atoms with van der Waals surface area (Å²) in [5, 5.41) is 12.0. The Kier molecular flexibility index (Phi) is 10.8. The molecule has 3 unspecified atom stereocenters. The van der Waals surface area contributed by atoms with E-state index in [4.69, 9.17) is 5.73 Å². The van der Waals surface area contributed by atoms with Gasteiger partial charge in [0.15, 0.2) is 0 Å². The van der Waals surface area contributed by atoms with Crippen LogP contribution in [0.2, 0.25) is 0 Å². The minimum absolute atomic E-state index is 0.0242. The van der Waals surface area contributed by atoms with Crippen LogP contribution in [0.25, 0.3) is 50.2 Å². The highest BCUT2D eigenvalue weighted by molar-refractivity contribution is 6.05. The second-order valence-corrected chi connectivity index (χ2v) is 14.5. The molecule has 0 spiro atoms. The largest absolute Gasteiger partial charge is 0.324 e. The number of nitriles is 1. The third-order valence-corrected chi connectivity index (χ3v) is 11.1. The number of nitrogens with zero attached hydrogens (tertiary/aromatic N) is 1. The lowest BCUT2D eigenvalue weighted by Gasteiger charge is -2.33. The molecule has 53 heavy (non-hydrogen) atoms. The van der Waals surface area contributed by atoms with Crippen molar-refractivity contribution in [3.8, 4) is 39.4 Å². The van der Waals surface area contributed by atoms with Gasteiger partial charge in [-0.05, 0) is 104 Å².